The summed E-state index contributed by atoms with van der Waals surface area (Å²) in [5.41, 5.74) is -1.05. The van der Waals surface area contributed by atoms with Crippen molar-refractivity contribution in [1.82, 2.24) is 0 Å². The molecule has 0 aliphatic carbocycles. The van der Waals surface area contributed by atoms with E-state index in [1.54, 1.807) is 6.92 Å². The van der Waals surface area contributed by atoms with Crippen molar-refractivity contribution in [2.45, 2.75) is 20.8 Å². The molecule has 0 saturated heterocycles. The van der Waals surface area contributed by atoms with Crippen molar-refractivity contribution in [2.24, 2.45) is 0 Å². The Morgan fingerprint density at radius 2 is 1.75 bits per heavy atom. The molecule has 0 unspecified atom stereocenters. The summed E-state index contributed by atoms with van der Waals surface area (Å²) in [4.78, 5) is 36.1. The van der Waals surface area contributed by atoms with E-state index in [9.17, 15) is 24.6 Å². The van der Waals surface area contributed by atoms with Crippen LogP contribution in [0.3, 0.4) is 0 Å². The first-order valence-electron chi connectivity index (χ1n) is 7.21. The fraction of sp³-hybridized carbons (Fsp3) is 0.167. The Morgan fingerprint density at radius 1 is 1.08 bits per heavy atom. The number of aryl methyl sites for hydroxylation is 1. The molecule has 24 heavy (non-hydrogen) atoms. The number of fused-ring (bicyclic) bond motifs is 2. The number of Topliss-reactive ketones (excluding diaryl/α,β-unsaturated/α-hetero) is 1. The average Bonchev–Trinajstić information content (AvgIpc) is 2.48. The first-order chi connectivity index (χ1) is 11.2. The Balaban J connectivity index is 2.77. The zero-order valence-electron chi connectivity index (χ0n) is 13.3. The summed E-state index contributed by atoms with van der Waals surface area (Å²) in [6, 6.07) is 3.98. The molecule has 0 saturated carbocycles. The van der Waals surface area contributed by atoms with Crippen LogP contribution < -0.4 is 16.1 Å². The Labute approximate surface area is 135 Å². The van der Waals surface area contributed by atoms with Gasteiger partial charge < -0.3 is 14.6 Å². The molecule has 3 aromatic rings. The minimum atomic E-state index is -0.543. The maximum Gasteiger partial charge on any atom is 0.195 e. The molecular weight excluding hydrogens is 312 g/mol. The van der Waals surface area contributed by atoms with Gasteiger partial charge in [0, 0.05) is 0 Å². The van der Waals surface area contributed by atoms with Gasteiger partial charge in [0.05, 0.1) is 10.8 Å². The second kappa shape index (κ2) is 5.19. The zero-order valence-corrected chi connectivity index (χ0v) is 13.3. The van der Waals surface area contributed by atoms with E-state index in [1.165, 1.54) is 32.0 Å². The SMILES string of the molecule is CC(=O)c1c(=O)ccc2c(O)c3cc(C)c(=O)c(=C(C)O)c3oc12. The minimum absolute atomic E-state index is 0.0660. The molecule has 2 aromatic carbocycles. The van der Waals surface area contributed by atoms with Gasteiger partial charge >= 0.3 is 0 Å². The highest BCUT2D eigenvalue weighted by Gasteiger charge is 2.19. The lowest BCUT2D eigenvalue weighted by Crippen LogP contribution is -2.29. The van der Waals surface area contributed by atoms with E-state index in [0.29, 0.717) is 5.56 Å². The molecule has 0 radical (unpaired) electrons. The van der Waals surface area contributed by atoms with E-state index in [4.69, 9.17) is 4.42 Å². The number of benzene rings is 2. The molecule has 0 atom stereocenters. The predicted molar refractivity (Wildman–Crippen MR) is 89.6 cm³/mol. The van der Waals surface area contributed by atoms with Gasteiger partial charge in [-0.1, -0.05) is 0 Å². The van der Waals surface area contributed by atoms with Crippen molar-refractivity contribution >= 4 is 33.5 Å². The Bertz CT molecular complexity index is 1200. The van der Waals surface area contributed by atoms with Crippen molar-refractivity contribution in [3.05, 3.63) is 55.0 Å². The molecule has 0 bridgehead atoms. The monoisotopic (exact) mass is 326 g/mol. The lowest BCUT2D eigenvalue weighted by molar-refractivity contribution is 0.101. The number of carbonyl (C=O) groups excluding carboxylic acids is 1. The van der Waals surface area contributed by atoms with Gasteiger partial charge in [-0.3, -0.25) is 14.4 Å². The van der Waals surface area contributed by atoms with Crippen molar-refractivity contribution < 1.29 is 19.4 Å². The first-order valence-corrected chi connectivity index (χ1v) is 7.21. The van der Waals surface area contributed by atoms with E-state index in [2.05, 4.69) is 0 Å². The van der Waals surface area contributed by atoms with Gasteiger partial charge in [-0.25, -0.2) is 0 Å². The number of hydrogen-bond acceptors (Lipinski definition) is 6. The highest BCUT2D eigenvalue weighted by Crippen LogP contribution is 2.33. The number of rotatable bonds is 1. The van der Waals surface area contributed by atoms with Crippen molar-refractivity contribution in [2.75, 3.05) is 0 Å². The van der Waals surface area contributed by atoms with Crippen LogP contribution in [0.2, 0.25) is 0 Å². The average molecular weight is 326 g/mol. The van der Waals surface area contributed by atoms with E-state index < -0.39 is 16.6 Å². The van der Waals surface area contributed by atoms with Crippen LogP contribution in [-0.2, 0) is 0 Å². The van der Waals surface area contributed by atoms with Gasteiger partial charge in [-0.15, -0.1) is 0 Å². The quantitative estimate of drug-likeness (QED) is 0.523. The third-order valence-electron chi connectivity index (χ3n) is 3.97. The van der Waals surface area contributed by atoms with Gasteiger partial charge in [0.2, 0.25) is 0 Å². The van der Waals surface area contributed by atoms with Crippen LogP contribution in [0, 0.1) is 6.92 Å². The lowest BCUT2D eigenvalue weighted by Gasteiger charge is -2.09. The molecule has 0 aliphatic rings. The lowest BCUT2D eigenvalue weighted by atomic mass is 10.0. The van der Waals surface area contributed by atoms with Crippen LogP contribution in [0.25, 0.3) is 27.7 Å². The van der Waals surface area contributed by atoms with Gasteiger partial charge in [0.25, 0.3) is 0 Å². The van der Waals surface area contributed by atoms with Gasteiger partial charge in [0.1, 0.15) is 22.3 Å². The predicted octanol–water partition coefficient (Wildman–Crippen LogP) is 1.93. The second-order valence-corrected chi connectivity index (χ2v) is 5.68. The maximum atomic E-state index is 12.3. The number of aliphatic hydroxyl groups excluding tert-OH is 1. The summed E-state index contributed by atoms with van der Waals surface area (Å²) < 4.78 is 5.67. The van der Waals surface area contributed by atoms with Gasteiger partial charge in [0.15, 0.2) is 27.8 Å². The summed E-state index contributed by atoms with van der Waals surface area (Å²) in [6.45, 7) is 4.09. The topological polar surface area (TPSA) is 105 Å². The first kappa shape index (κ1) is 15.7. The Hall–Kier alpha value is -3.15. The molecule has 1 heterocycles. The molecule has 0 fully saturated rings. The van der Waals surface area contributed by atoms with E-state index in [1.807, 2.05) is 0 Å². The Kier molecular flexibility index (Phi) is 3.41. The number of carbonyl (C=O) groups is 1. The standard InChI is InChI=1S/C18H14O6/c1-7-6-11-16(23)10-4-5-12(21)13(8(2)19)17(10)24-18(11)14(9(3)20)15(7)22/h4-6,20,23H,1-3H3. The number of aliphatic hydroxyl groups is 1. The maximum absolute atomic E-state index is 12.3. The van der Waals surface area contributed by atoms with E-state index in [0.717, 1.165) is 0 Å². The molecule has 0 aliphatic heterocycles. The van der Waals surface area contributed by atoms with Crippen LogP contribution in [-0.4, -0.2) is 16.0 Å². The van der Waals surface area contributed by atoms with Crippen LogP contribution in [0.1, 0.15) is 29.8 Å². The molecular formula is C18H14O6. The highest BCUT2D eigenvalue weighted by molar-refractivity contribution is 6.09. The fourth-order valence-corrected chi connectivity index (χ4v) is 2.83. The molecule has 3 rings (SSSR count). The van der Waals surface area contributed by atoms with E-state index >= 15 is 0 Å². The van der Waals surface area contributed by atoms with E-state index in [-0.39, 0.29) is 44.2 Å². The highest BCUT2D eigenvalue weighted by atomic mass is 16.3. The van der Waals surface area contributed by atoms with Crippen molar-refractivity contribution in [1.29, 1.82) is 0 Å². The molecule has 1 aromatic heterocycles. The fourth-order valence-electron chi connectivity index (χ4n) is 2.83. The van der Waals surface area contributed by atoms with Crippen LogP contribution in [0.5, 0.6) is 5.75 Å². The smallest absolute Gasteiger partial charge is 0.195 e. The number of hydrogen-bond donors (Lipinski definition) is 2. The van der Waals surface area contributed by atoms with Crippen molar-refractivity contribution in [3.8, 4) is 5.75 Å². The third kappa shape index (κ3) is 2.07. The molecule has 6 heteroatoms. The summed E-state index contributed by atoms with van der Waals surface area (Å²) >= 11 is 0. The van der Waals surface area contributed by atoms with Crippen LogP contribution in [0.4, 0.5) is 0 Å². The summed E-state index contributed by atoms with van der Waals surface area (Å²) in [5.74, 6) is -1.02. The third-order valence-corrected chi connectivity index (χ3v) is 3.97. The molecule has 0 amide bonds. The van der Waals surface area contributed by atoms with Crippen molar-refractivity contribution in [3.63, 3.8) is 0 Å². The molecule has 0 spiro atoms. The van der Waals surface area contributed by atoms with Crippen LogP contribution >= 0.6 is 0 Å². The second-order valence-electron chi connectivity index (χ2n) is 5.68. The summed E-state index contributed by atoms with van der Waals surface area (Å²) in [5, 5.41) is 20.7. The minimum Gasteiger partial charge on any atom is -0.512 e. The molecule has 122 valence electrons. The van der Waals surface area contributed by atoms with Gasteiger partial charge in [-0.05, 0) is 44.5 Å². The Morgan fingerprint density at radius 3 is 2.33 bits per heavy atom. The summed E-state index contributed by atoms with van der Waals surface area (Å²) in [6.07, 6.45) is 0. The van der Waals surface area contributed by atoms with Gasteiger partial charge in [-0.2, -0.15) is 0 Å². The zero-order chi connectivity index (χ0) is 17.8. The number of ketones is 1. The van der Waals surface area contributed by atoms with Crippen LogP contribution in [0.15, 0.2) is 32.2 Å². The normalized spacial score (nSPS) is 12.6. The molecule has 2 N–H and O–H groups in total. The molecule has 6 nitrogen and oxygen atoms in total. The largest absolute Gasteiger partial charge is 0.512 e. The number of aromatic hydroxyl groups is 1. The summed E-state index contributed by atoms with van der Waals surface area (Å²) in [7, 11) is 0.